The zero-order valence-electron chi connectivity index (χ0n) is 17.0. The van der Waals surface area contributed by atoms with Crippen LogP contribution in [0.3, 0.4) is 0 Å². The third kappa shape index (κ3) is 3.32. The number of methoxy groups -OCH3 is 1. The molecule has 0 saturated carbocycles. The van der Waals surface area contributed by atoms with Crippen LogP contribution >= 0.6 is 0 Å². The fourth-order valence-electron chi connectivity index (χ4n) is 4.22. The Morgan fingerprint density at radius 2 is 1.74 bits per heavy atom. The van der Waals surface area contributed by atoms with Gasteiger partial charge in [-0.1, -0.05) is 36.4 Å². The molecule has 0 bridgehead atoms. The highest BCUT2D eigenvalue weighted by Crippen LogP contribution is 2.40. The van der Waals surface area contributed by atoms with Gasteiger partial charge < -0.3 is 19.9 Å². The standard InChI is InChI=1S/C25H21N3O3/c1-31-17-12-10-16(11-13-17)27-23(29)15-28-24(19-7-2-3-8-20(19)25(28)30)21-14-26-22-9-5-4-6-18(21)22/h2-14,24,26H,15H2,1H3,(H,27,29)/t24-/m1/s1. The highest BCUT2D eigenvalue weighted by molar-refractivity contribution is 6.04. The summed E-state index contributed by atoms with van der Waals surface area (Å²) in [4.78, 5) is 31.0. The second-order valence-corrected chi connectivity index (χ2v) is 7.49. The molecule has 1 aromatic heterocycles. The van der Waals surface area contributed by atoms with Crippen LogP contribution < -0.4 is 10.1 Å². The van der Waals surface area contributed by atoms with E-state index in [1.807, 2.05) is 54.7 Å². The van der Waals surface area contributed by atoms with Crippen molar-refractivity contribution in [2.75, 3.05) is 19.0 Å². The number of nitrogens with zero attached hydrogens (tertiary/aromatic N) is 1. The summed E-state index contributed by atoms with van der Waals surface area (Å²) in [7, 11) is 1.59. The molecule has 0 fully saturated rings. The monoisotopic (exact) mass is 411 g/mol. The molecular weight excluding hydrogens is 390 g/mol. The first kappa shape index (κ1) is 18.9. The van der Waals surface area contributed by atoms with Gasteiger partial charge in [0.2, 0.25) is 5.91 Å². The van der Waals surface area contributed by atoms with E-state index in [-0.39, 0.29) is 24.4 Å². The summed E-state index contributed by atoms with van der Waals surface area (Å²) in [5, 5.41) is 3.91. The lowest BCUT2D eigenvalue weighted by atomic mass is 9.97. The first-order valence-corrected chi connectivity index (χ1v) is 10.1. The number of anilines is 1. The number of hydrogen-bond donors (Lipinski definition) is 2. The maximum Gasteiger partial charge on any atom is 0.255 e. The summed E-state index contributed by atoms with van der Waals surface area (Å²) in [5.74, 6) is 0.314. The number of rotatable bonds is 5. The number of carbonyl (C=O) groups excluding carboxylic acids is 2. The van der Waals surface area contributed by atoms with E-state index in [1.165, 1.54) is 0 Å². The van der Waals surface area contributed by atoms with E-state index in [4.69, 9.17) is 4.74 Å². The van der Waals surface area contributed by atoms with Crippen molar-refractivity contribution in [2.45, 2.75) is 6.04 Å². The zero-order chi connectivity index (χ0) is 21.4. The SMILES string of the molecule is COc1ccc(NC(=O)CN2C(=O)c3ccccc3[C@@H]2c2c[nH]c3ccccc23)cc1. The summed E-state index contributed by atoms with van der Waals surface area (Å²) in [5.41, 5.74) is 4.17. The van der Waals surface area contributed by atoms with Gasteiger partial charge in [0.05, 0.1) is 13.2 Å². The number of hydrogen-bond acceptors (Lipinski definition) is 3. The molecule has 6 heteroatoms. The van der Waals surface area contributed by atoms with Gasteiger partial charge in [-0.15, -0.1) is 0 Å². The molecule has 2 heterocycles. The Balaban J connectivity index is 1.47. The van der Waals surface area contributed by atoms with Crippen molar-refractivity contribution in [3.63, 3.8) is 0 Å². The minimum Gasteiger partial charge on any atom is -0.497 e. The predicted octanol–water partition coefficient (Wildman–Crippen LogP) is 4.36. The van der Waals surface area contributed by atoms with Crippen molar-refractivity contribution >= 4 is 28.4 Å². The van der Waals surface area contributed by atoms with Crippen LogP contribution in [0.2, 0.25) is 0 Å². The van der Waals surface area contributed by atoms with Crippen LogP contribution in [0.4, 0.5) is 5.69 Å². The molecular formula is C25H21N3O3. The molecule has 1 aliphatic rings. The van der Waals surface area contributed by atoms with E-state index in [9.17, 15) is 9.59 Å². The Bertz CT molecular complexity index is 1280. The zero-order valence-corrected chi connectivity index (χ0v) is 17.0. The molecule has 0 aliphatic carbocycles. The number of aromatic nitrogens is 1. The molecule has 0 spiro atoms. The lowest BCUT2D eigenvalue weighted by Crippen LogP contribution is -2.36. The Morgan fingerprint density at radius 3 is 2.55 bits per heavy atom. The number of nitrogens with one attached hydrogen (secondary N) is 2. The summed E-state index contributed by atoms with van der Waals surface area (Å²) in [6.45, 7) is -0.0519. The normalized spacial score (nSPS) is 15.2. The van der Waals surface area contributed by atoms with Gasteiger partial charge in [-0.25, -0.2) is 0 Å². The number of fused-ring (bicyclic) bond motifs is 2. The maximum absolute atomic E-state index is 13.2. The van der Waals surface area contributed by atoms with Crippen LogP contribution in [0.5, 0.6) is 5.75 Å². The van der Waals surface area contributed by atoms with Crippen molar-refractivity contribution < 1.29 is 14.3 Å². The number of carbonyl (C=O) groups is 2. The van der Waals surface area contributed by atoms with Crippen molar-refractivity contribution in [3.8, 4) is 5.75 Å². The highest BCUT2D eigenvalue weighted by atomic mass is 16.5. The van der Waals surface area contributed by atoms with Crippen LogP contribution in [0.15, 0.2) is 79.0 Å². The number of ether oxygens (including phenoxy) is 1. The van der Waals surface area contributed by atoms with Crippen molar-refractivity contribution in [2.24, 2.45) is 0 Å². The van der Waals surface area contributed by atoms with Gasteiger partial charge in [-0.2, -0.15) is 0 Å². The third-order valence-corrected chi connectivity index (χ3v) is 5.66. The molecule has 31 heavy (non-hydrogen) atoms. The van der Waals surface area contributed by atoms with Gasteiger partial charge in [0.1, 0.15) is 12.3 Å². The lowest BCUT2D eigenvalue weighted by molar-refractivity contribution is -0.117. The third-order valence-electron chi connectivity index (χ3n) is 5.66. The van der Waals surface area contributed by atoms with E-state index in [0.717, 1.165) is 22.0 Å². The quantitative estimate of drug-likeness (QED) is 0.512. The van der Waals surface area contributed by atoms with Crippen LogP contribution in [0, 0.1) is 0 Å². The van der Waals surface area contributed by atoms with Crippen molar-refractivity contribution in [1.29, 1.82) is 0 Å². The lowest BCUT2D eigenvalue weighted by Gasteiger charge is -2.25. The Morgan fingerprint density at radius 1 is 1.00 bits per heavy atom. The topological polar surface area (TPSA) is 74.4 Å². The van der Waals surface area contributed by atoms with Crippen LogP contribution in [-0.2, 0) is 4.79 Å². The van der Waals surface area contributed by atoms with Crippen LogP contribution in [0.1, 0.15) is 27.5 Å². The molecule has 0 radical (unpaired) electrons. The van der Waals surface area contributed by atoms with E-state index in [0.29, 0.717) is 17.0 Å². The van der Waals surface area contributed by atoms with Gasteiger partial charge in [0.15, 0.2) is 0 Å². The van der Waals surface area contributed by atoms with E-state index in [2.05, 4.69) is 10.3 Å². The van der Waals surface area contributed by atoms with E-state index in [1.54, 1.807) is 36.3 Å². The number of para-hydroxylation sites is 1. The average Bonchev–Trinajstić information content (AvgIpc) is 3.33. The first-order valence-electron chi connectivity index (χ1n) is 10.1. The number of benzene rings is 3. The molecule has 5 rings (SSSR count). The van der Waals surface area contributed by atoms with Crippen molar-refractivity contribution in [3.05, 3.63) is 95.7 Å². The number of aromatic amines is 1. The molecule has 1 aliphatic heterocycles. The van der Waals surface area contributed by atoms with E-state index >= 15 is 0 Å². The van der Waals surface area contributed by atoms with Gasteiger partial charge in [-0.05, 0) is 42.0 Å². The fraction of sp³-hybridized carbons (Fsp3) is 0.120. The fourth-order valence-corrected chi connectivity index (χ4v) is 4.22. The number of H-pyrrole nitrogens is 1. The molecule has 6 nitrogen and oxygen atoms in total. The highest BCUT2D eigenvalue weighted by Gasteiger charge is 2.39. The predicted molar refractivity (Wildman–Crippen MR) is 119 cm³/mol. The minimum atomic E-state index is -0.332. The average molecular weight is 411 g/mol. The van der Waals surface area contributed by atoms with Crippen molar-refractivity contribution in [1.82, 2.24) is 9.88 Å². The molecule has 2 amide bonds. The first-order chi connectivity index (χ1) is 15.2. The summed E-state index contributed by atoms with van der Waals surface area (Å²) in [6, 6.07) is 22.3. The Kier molecular flexibility index (Phi) is 4.67. The van der Waals surface area contributed by atoms with Crippen LogP contribution in [-0.4, -0.2) is 35.4 Å². The van der Waals surface area contributed by atoms with Gasteiger partial charge in [0, 0.05) is 33.9 Å². The molecule has 0 saturated heterocycles. The van der Waals surface area contributed by atoms with Gasteiger partial charge in [-0.3, -0.25) is 9.59 Å². The second-order valence-electron chi connectivity index (χ2n) is 7.49. The smallest absolute Gasteiger partial charge is 0.255 e. The van der Waals surface area contributed by atoms with Crippen LogP contribution in [0.25, 0.3) is 10.9 Å². The minimum absolute atomic E-state index is 0.0519. The Labute approximate surface area is 179 Å². The molecule has 154 valence electrons. The van der Waals surface area contributed by atoms with Gasteiger partial charge in [0.25, 0.3) is 5.91 Å². The maximum atomic E-state index is 13.2. The van der Waals surface area contributed by atoms with Gasteiger partial charge >= 0.3 is 0 Å². The summed E-state index contributed by atoms with van der Waals surface area (Å²) < 4.78 is 5.15. The summed E-state index contributed by atoms with van der Waals surface area (Å²) in [6.07, 6.45) is 1.93. The molecule has 4 aromatic rings. The molecule has 0 unspecified atom stereocenters. The molecule has 1 atom stereocenters. The number of amides is 2. The largest absolute Gasteiger partial charge is 0.497 e. The molecule has 3 aromatic carbocycles. The van der Waals surface area contributed by atoms with E-state index < -0.39 is 0 Å². The Hall–Kier alpha value is -4.06. The summed E-state index contributed by atoms with van der Waals surface area (Å²) >= 11 is 0. The second kappa shape index (κ2) is 7.65. The molecule has 2 N–H and O–H groups in total.